The maximum Gasteiger partial charge on any atom is 0.327 e. The first-order valence-corrected chi connectivity index (χ1v) is 15.5. The van der Waals surface area contributed by atoms with Gasteiger partial charge in [-0.15, -0.1) is 0 Å². The molecule has 2 aromatic heterocycles. The summed E-state index contributed by atoms with van der Waals surface area (Å²) >= 11 is 0. The number of pyridine rings is 2. The Morgan fingerprint density at radius 1 is 0.540 bits per heavy atom. The van der Waals surface area contributed by atoms with E-state index in [0.29, 0.717) is 5.92 Å². The Morgan fingerprint density at radius 3 is 1.14 bits per heavy atom. The molecule has 274 valence electrons. The summed E-state index contributed by atoms with van der Waals surface area (Å²) in [5.74, 6) is 2.25. The van der Waals surface area contributed by atoms with Crippen molar-refractivity contribution in [2.75, 3.05) is 0 Å². The van der Waals surface area contributed by atoms with Gasteiger partial charge < -0.3 is 67.9 Å². The van der Waals surface area contributed by atoms with Gasteiger partial charge in [0.05, 0.1) is 12.4 Å². The first-order chi connectivity index (χ1) is 21.1. The second-order valence-electron chi connectivity index (χ2n) is 11.9. The molecule has 3 aromatic carbocycles. The number of rotatable bonds is 7. The van der Waals surface area contributed by atoms with E-state index in [-0.39, 0.29) is 101 Å². The van der Waals surface area contributed by atoms with Crippen LogP contribution in [0.2, 0.25) is 0 Å². The minimum Gasteiger partial charge on any atom is -1.00 e. The molecule has 0 aliphatic carbocycles. The van der Waals surface area contributed by atoms with Crippen molar-refractivity contribution in [1.29, 1.82) is 0 Å². The van der Waals surface area contributed by atoms with Crippen molar-refractivity contribution in [1.82, 2.24) is 19.1 Å². The van der Waals surface area contributed by atoms with Gasteiger partial charge in [0.15, 0.2) is 0 Å². The molecule has 0 unspecified atom stereocenters. The molecule has 50 heavy (non-hydrogen) atoms. The van der Waals surface area contributed by atoms with E-state index in [4.69, 9.17) is 0 Å². The van der Waals surface area contributed by atoms with Crippen molar-refractivity contribution in [3.63, 3.8) is 0 Å². The summed E-state index contributed by atoms with van der Waals surface area (Å²) in [6.07, 6.45) is 7.89. The van der Waals surface area contributed by atoms with E-state index in [1.807, 2.05) is 36.7 Å². The van der Waals surface area contributed by atoms with Crippen LogP contribution in [0.25, 0.3) is 22.3 Å². The van der Waals surface area contributed by atoms with Crippen molar-refractivity contribution in [2.45, 2.75) is 68.2 Å². The quantitative estimate of drug-likeness (QED) is 0.111. The third-order valence-corrected chi connectivity index (χ3v) is 8.49. The molecule has 0 radical (unpaired) electrons. The summed E-state index contributed by atoms with van der Waals surface area (Å²) in [6, 6.07) is 26.2. The largest absolute Gasteiger partial charge is 1.00 e. The zero-order valence-electron chi connectivity index (χ0n) is 29.7. The van der Waals surface area contributed by atoms with Crippen molar-refractivity contribution in [2.24, 2.45) is 0 Å². The summed E-state index contributed by atoms with van der Waals surface area (Å²) in [7, 11) is 0. The zero-order valence-corrected chi connectivity index (χ0v) is 38.1. The molecule has 10 heteroatoms. The van der Waals surface area contributed by atoms with Gasteiger partial charge in [-0.1, -0.05) is 38.1 Å². The smallest absolute Gasteiger partial charge is 0.327 e. The fourth-order valence-electron chi connectivity index (χ4n) is 6.40. The number of hydrogen-bond acceptors (Lipinski definition) is 2. The van der Waals surface area contributed by atoms with Crippen molar-refractivity contribution >= 4 is 35.4 Å². The standard InChI is InChI=1S/C40H44N4.4BrH.2Ni/c1-10-43(37-16-12-14-18-41-37)39-27(5)20-33(21-28(39)6)35-24-32(26(3)4)25-36(31(35)9)34-22-29(7)40(30(8)23-34)44(11-2)38-17-13-15-19-42-38;;;;;;/h10-26H,1-9H3;4*1H;;/q+2;;;;;;/p-4. The predicted molar refractivity (Wildman–Crippen MR) is 190 cm³/mol. The molecule has 0 N–H and O–H groups in total. The minimum absolute atomic E-state index is 0. The summed E-state index contributed by atoms with van der Waals surface area (Å²) in [4.78, 5) is 9.24. The SMILES string of the molecule is CC=[N+](c1ccccn1)c1c(C)cc(-c2cc(C(C)C)cc(-c3cc(C)c([N+](=CC)c4ccccn4)c(C)c3)c2C)cc1C.[Br-].[Br-].[Br-].[Br-].[Ni].[Ni]. The Balaban J connectivity index is 0. The van der Waals surface area contributed by atoms with Crippen LogP contribution >= 0.6 is 0 Å². The second kappa shape index (κ2) is 22.3. The normalized spacial score (nSPS) is 10.8. The van der Waals surface area contributed by atoms with Crippen LogP contribution in [0.15, 0.2) is 85.2 Å². The Labute approximate surface area is 361 Å². The molecule has 0 bridgehead atoms. The van der Waals surface area contributed by atoms with Crippen LogP contribution in [-0.4, -0.2) is 22.4 Å². The average molecular weight is 1020 g/mol. The van der Waals surface area contributed by atoms with Gasteiger partial charge >= 0.3 is 11.6 Å². The summed E-state index contributed by atoms with van der Waals surface area (Å²) in [6.45, 7) is 19.8. The molecule has 0 saturated heterocycles. The second-order valence-corrected chi connectivity index (χ2v) is 11.9. The summed E-state index contributed by atoms with van der Waals surface area (Å²) in [5, 5.41) is 0. The van der Waals surface area contributed by atoms with Gasteiger partial charge in [0, 0.05) is 45.1 Å². The monoisotopic (exact) mass is 1010 g/mol. The van der Waals surface area contributed by atoms with E-state index in [0.717, 1.165) is 11.6 Å². The van der Waals surface area contributed by atoms with Gasteiger partial charge in [-0.25, -0.2) is 9.15 Å². The Hall–Kier alpha value is -1.79. The van der Waals surface area contributed by atoms with Gasteiger partial charge in [0.1, 0.15) is 23.8 Å². The van der Waals surface area contributed by atoms with E-state index in [1.165, 1.54) is 67.0 Å². The fourth-order valence-corrected chi connectivity index (χ4v) is 6.40. The van der Waals surface area contributed by atoms with E-state index in [1.54, 1.807) is 0 Å². The van der Waals surface area contributed by atoms with Gasteiger partial charge in [-0.3, -0.25) is 0 Å². The molecule has 0 amide bonds. The van der Waals surface area contributed by atoms with Gasteiger partial charge in [0.2, 0.25) is 0 Å². The molecule has 4 nitrogen and oxygen atoms in total. The van der Waals surface area contributed by atoms with Crippen LogP contribution < -0.4 is 77.1 Å². The Morgan fingerprint density at radius 2 is 0.880 bits per heavy atom. The average Bonchev–Trinajstić information content (AvgIpc) is 3.01. The molecule has 0 saturated carbocycles. The van der Waals surface area contributed by atoms with E-state index in [9.17, 15) is 0 Å². The van der Waals surface area contributed by atoms with Crippen LogP contribution in [0.4, 0.5) is 23.0 Å². The number of halogens is 4. The summed E-state index contributed by atoms with van der Waals surface area (Å²) < 4.78 is 4.37. The first kappa shape index (κ1) is 50.3. The van der Waals surface area contributed by atoms with Crippen LogP contribution in [0.5, 0.6) is 0 Å². The number of aromatic nitrogens is 2. The van der Waals surface area contributed by atoms with Crippen molar-refractivity contribution in [3.05, 3.63) is 119 Å². The topological polar surface area (TPSA) is 31.8 Å². The number of nitrogens with zero attached hydrogens (tertiary/aromatic N) is 4. The molecular formula is C40H44Br4N4Ni2-2. The van der Waals surface area contributed by atoms with E-state index >= 15 is 0 Å². The van der Waals surface area contributed by atoms with Gasteiger partial charge in [0.25, 0.3) is 0 Å². The van der Waals surface area contributed by atoms with Crippen molar-refractivity contribution in [3.8, 4) is 22.3 Å². The molecule has 0 fully saturated rings. The minimum atomic E-state index is 0. The number of hydrogen-bond donors (Lipinski definition) is 0. The molecule has 0 aliphatic rings. The molecule has 0 atom stereocenters. The Kier molecular flexibility index (Phi) is 22.5. The molecule has 5 aromatic rings. The van der Waals surface area contributed by atoms with Crippen LogP contribution in [-0.2, 0) is 33.0 Å². The van der Waals surface area contributed by atoms with Gasteiger partial charge in [-0.2, -0.15) is 0 Å². The number of aryl methyl sites for hydroxylation is 4. The molecule has 2 heterocycles. The number of benzene rings is 3. The maximum atomic E-state index is 4.62. The van der Waals surface area contributed by atoms with E-state index in [2.05, 4.69) is 142 Å². The molecule has 0 spiro atoms. The van der Waals surface area contributed by atoms with Crippen LogP contribution in [0.3, 0.4) is 0 Å². The third-order valence-electron chi connectivity index (χ3n) is 8.49. The molecular weight excluding hydrogens is 973 g/mol. The van der Waals surface area contributed by atoms with Gasteiger partial charge in [-0.05, 0) is 156 Å². The first-order valence-electron chi connectivity index (χ1n) is 15.5. The summed E-state index contributed by atoms with van der Waals surface area (Å²) in [5.41, 5.74) is 14.9. The van der Waals surface area contributed by atoms with Crippen LogP contribution in [0, 0.1) is 34.6 Å². The van der Waals surface area contributed by atoms with Crippen molar-refractivity contribution < 1.29 is 101 Å². The molecule has 0 aliphatic heterocycles. The predicted octanol–water partition coefficient (Wildman–Crippen LogP) is -1.66. The Bertz CT molecular complexity index is 1730. The zero-order chi connectivity index (χ0) is 31.5. The van der Waals surface area contributed by atoms with Crippen LogP contribution in [0.1, 0.15) is 67.0 Å². The molecule has 5 rings (SSSR count). The maximum absolute atomic E-state index is 4.62. The fraction of sp³-hybridized carbons (Fsp3) is 0.250. The van der Waals surface area contributed by atoms with E-state index < -0.39 is 0 Å². The third kappa shape index (κ3) is 10.6.